The van der Waals surface area contributed by atoms with Gasteiger partial charge in [0, 0.05) is 30.5 Å². The van der Waals surface area contributed by atoms with Gasteiger partial charge in [-0.2, -0.15) is 0 Å². The van der Waals surface area contributed by atoms with Crippen molar-refractivity contribution in [1.82, 2.24) is 19.4 Å². The highest BCUT2D eigenvalue weighted by Gasteiger charge is 2.02. The van der Waals surface area contributed by atoms with Gasteiger partial charge < -0.3 is 9.72 Å². The van der Waals surface area contributed by atoms with Crippen molar-refractivity contribution in [2.24, 2.45) is 0 Å². The average molecular weight is 275 g/mol. The summed E-state index contributed by atoms with van der Waals surface area (Å²) in [5.74, 6) is 0. The van der Waals surface area contributed by atoms with Crippen LogP contribution in [-0.2, 0) is 6.54 Å². The van der Waals surface area contributed by atoms with E-state index < -0.39 is 0 Å². The molecule has 4 rings (SSSR count). The summed E-state index contributed by atoms with van der Waals surface area (Å²) >= 11 is 0. The lowest BCUT2D eigenvalue weighted by Crippen LogP contribution is -1.99. The van der Waals surface area contributed by atoms with E-state index in [4.69, 9.17) is 0 Å². The monoisotopic (exact) mass is 275 g/mol. The molecule has 102 valence electrons. The molecule has 0 aliphatic heterocycles. The molecule has 3 aromatic heterocycles. The topological polar surface area (TPSA) is 55.1 Å². The molecule has 1 N–H and O–H groups in total. The Morgan fingerprint density at radius 1 is 1.00 bits per heavy atom. The van der Waals surface area contributed by atoms with E-state index >= 15 is 0 Å². The molecular formula is C16H13N5. The van der Waals surface area contributed by atoms with Gasteiger partial charge in [-0.15, -0.1) is 0 Å². The van der Waals surface area contributed by atoms with E-state index in [0.717, 1.165) is 28.1 Å². The Morgan fingerprint density at radius 3 is 2.81 bits per heavy atom. The molecule has 0 atom stereocenters. The maximum atomic E-state index is 4.56. The molecule has 0 aliphatic carbocycles. The van der Waals surface area contributed by atoms with E-state index in [1.54, 1.807) is 12.4 Å². The second-order valence-electron chi connectivity index (χ2n) is 4.81. The number of anilines is 1. The third kappa shape index (κ3) is 2.29. The van der Waals surface area contributed by atoms with Crippen molar-refractivity contribution in [1.29, 1.82) is 0 Å². The Balaban J connectivity index is 1.57. The standard InChI is InChI=1S/C16H13N5/c1-2-8-21-11-13(20-16(21)3-1)10-19-12-4-5-14-15(9-12)18-7-6-17-14/h1-9,11,19H,10H2. The first-order valence-electron chi connectivity index (χ1n) is 6.76. The summed E-state index contributed by atoms with van der Waals surface area (Å²) in [6.45, 7) is 0.674. The Labute approximate surface area is 121 Å². The third-order valence-electron chi connectivity index (χ3n) is 3.36. The van der Waals surface area contributed by atoms with Gasteiger partial charge in [0.2, 0.25) is 0 Å². The number of imidazole rings is 1. The minimum absolute atomic E-state index is 0.674. The van der Waals surface area contributed by atoms with Crippen LogP contribution in [0, 0.1) is 0 Å². The van der Waals surface area contributed by atoms with Gasteiger partial charge in [-0.1, -0.05) is 6.07 Å². The zero-order chi connectivity index (χ0) is 14.1. The first kappa shape index (κ1) is 11.8. The number of hydrogen-bond acceptors (Lipinski definition) is 4. The Hall–Kier alpha value is -2.95. The van der Waals surface area contributed by atoms with Gasteiger partial charge in [0.1, 0.15) is 5.65 Å². The normalized spacial score (nSPS) is 11.0. The summed E-state index contributed by atoms with van der Waals surface area (Å²) in [6, 6.07) is 11.9. The summed E-state index contributed by atoms with van der Waals surface area (Å²) in [5, 5.41) is 3.37. The maximum Gasteiger partial charge on any atom is 0.137 e. The second kappa shape index (κ2) is 4.86. The minimum atomic E-state index is 0.674. The van der Waals surface area contributed by atoms with Gasteiger partial charge in [0.15, 0.2) is 0 Å². The van der Waals surface area contributed by atoms with E-state index in [9.17, 15) is 0 Å². The summed E-state index contributed by atoms with van der Waals surface area (Å²) in [4.78, 5) is 13.1. The zero-order valence-electron chi connectivity index (χ0n) is 11.3. The van der Waals surface area contributed by atoms with Crippen LogP contribution >= 0.6 is 0 Å². The first-order valence-corrected chi connectivity index (χ1v) is 6.76. The molecule has 0 aliphatic rings. The van der Waals surface area contributed by atoms with Crippen molar-refractivity contribution >= 4 is 22.4 Å². The van der Waals surface area contributed by atoms with Crippen LogP contribution in [-0.4, -0.2) is 19.4 Å². The van der Waals surface area contributed by atoms with Crippen LogP contribution in [0.4, 0.5) is 5.69 Å². The SMILES string of the molecule is c1ccn2cc(CNc3ccc4nccnc4c3)nc2c1. The molecular weight excluding hydrogens is 262 g/mol. The number of pyridine rings is 1. The zero-order valence-corrected chi connectivity index (χ0v) is 11.3. The number of rotatable bonds is 3. The Morgan fingerprint density at radius 2 is 1.90 bits per heavy atom. The van der Waals surface area contributed by atoms with Gasteiger partial charge in [0.05, 0.1) is 23.3 Å². The van der Waals surface area contributed by atoms with Crippen molar-refractivity contribution in [2.45, 2.75) is 6.54 Å². The van der Waals surface area contributed by atoms with E-state index in [1.165, 1.54) is 0 Å². The largest absolute Gasteiger partial charge is 0.379 e. The van der Waals surface area contributed by atoms with Crippen LogP contribution in [0.5, 0.6) is 0 Å². The van der Waals surface area contributed by atoms with Gasteiger partial charge in [-0.3, -0.25) is 9.97 Å². The molecule has 0 radical (unpaired) electrons. The van der Waals surface area contributed by atoms with Crippen LogP contribution < -0.4 is 5.32 Å². The lowest BCUT2D eigenvalue weighted by Gasteiger charge is -2.05. The van der Waals surface area contributed by atoms with Crippen molar-refractivity contribution in [3.63, 3.8) is 0 Å². The second-order valence-corrected chi connectivity index (χ2v) is 4.81. The fraction of sp³-hybridized carbons (Fsp3) is 0.0625. The number of hydrogen-bond donors (Lipinski definition) is 1. The van der Waals surface area contributed by atoms with Gasteiger partial charge >= 0.3 is 0 Å². The van der Waals surface area contributed by atoms with Crippen molar-refractivity contribution < 1.29 is 0 Å². The molecule has 5 heteroatoms. The van der Waals surface area contributed by atoms with E-state index in [0.29, 0.717) is 6.54 Å². The molecule has 0 amide bonds. The molecule has 3 heterocycles. The van der Waals surface area contributed by atoms with Crippen LogP contribution in [0.2, 0.25) is 0 Å². The molecule has 0 spiro atoms. The van der Waals surface area contributed by atoms with Crippen molar-refractivity contribution in [3.05, 3.63) is 66.9 Å². The van der Waals surface area contributed by atoms with E-state index in [1.807, 2.05) is 53.2 Å². The quantitative estimate of drug-likeness (QED) is 0.624. The van der Waals surface area contributed by atoms with Gasteiger partial charge in [-0.25, -0.2) is 4.98 Å². The molecule has 0 fully saturated rings. The van der Waals surface area contributed by atoms with Crippen molar-refractivity contribution in [3.8, 4) is 0 Å². The van der Waals surface area contributed by atoms with Gasteiger partial charge in [0.25, 0.3) is 0 Å². The minimum Gasteiger partial charge on any atom is -0.379 e. The first-order chi connectivity index (χ1) is 10.4. The molecule has 0 saturated carbocycles. The highest BCUT2D eigenvalue weighted by atomic mass is 15.0. The highest BCUT2D eigenvalue weighted by Crippen LogP contribution is 2.16. The summed E-state index contributed by atoms with van der Waals surface area (Å²) in [6.07, 6.45) is 7.43. The number of nitrogens with one attached hydrogen (secondary N) is 1. The predicted molar refractivity (Wildman–Crippen MR) is 82.1 cm³/mol. The summed E-state index contributed by atoms with van der Waals surface area (Å²) in [5.41, 5.74) is 4.76. The van der Waals surface area contributed by atoms with Crippen LogP contribution in [0.1, 0.15) is 5.69 Å². The van der Waals surface area contributed by atoms with Crippen LogP contribution in [0.3, 0.4) is 0 Å². The summed E-state index contributed by atoms with van der Waals surface area (Å²) < 4.78 is 2.02. The van der Waals surface area contributed by atoms with Crippen LogP contribution in [0.25, 0.3) is 16.7 Å². The Kier molecular flexibility index (Phi) is 2.74. The molecule has 1 aromatic carbocycles. The van der Waals surface area contributed by atoms with E-state index in [-0.39, 0.29) is 0 Å². The smallest absolute Gasteiger partial charge is 0.137 e. The lowest BCUT2D eigenvalue weighted by atomic mass is 10.2. The Bertz CT molecular complexity index is 879. The third-order valence-corrected chi connectivity index (χ3v) is 3.36. The fourth-order valence-electron chi connectivity index (χ4n) is 2.34. The lowest BCUT2D eigenvalue weighted by molar-refractivity contribution is 1.08. The number of benzene rings is 1. The highest BCUT2D eigenvalue weighted by molar-refractivity contribution is 5.78. The number of fused-ring (bicyclic) bond motifs is 2. The molecule has 0 unspecified atom stereocenters. The number of nitrogens with zero attached hydrogens (tertiary/aromatic N) is 4. The van der Waals surface area contributed by atoms with E-state index in [2.05, 4.69) is 20.3 Å². The van der Waals surface area contributed by atoms with Crippen LogP contribution in [0.15, 0.2) is 61.2 Å². The fourth-order valence-corrected chi connectivity index (χ4v) is 2.34. The molecule has 0 bridgehead atoms. The predicted octanol–water partition coefficient (Wildman–Crippen LogP) is 2.89. The van der Waals surface area contributed by atoms with Crippen molar-refractivity contribution in [2.75, 3.05) is 5.32 Å². The molecule has 0 saturated heterocycles. The summed E-state index contributed by atoms with van der Waals surface area (Å²) in [7, 11) is 0. The molecule has 21 heavy (non-hydrogen) atoms. The maximum absolute atomic E-state index is 4.56. The number of aromatic nitrogens is 4. The van der Waals surface area contributed by atoms with Gasteiger partial charge in [-0.05, 0) is 30.3 Å². The molecule has 4 aromatic rings. The molecule has 5 nitrogen and oxygen atoms in total. The average Bonchev–Trinajstić information content (AvgIpc) is 2.95.